The van der Waals surface area contributed by atoms with Gasteiger partial charge in [0.2, 0.25) is 0 Å². The Morgan fingerprint density at radius 2 is 1.89 bits per heavy atom. The van der Waals surface area contributed by atoms with Crippen LogP contribution in [0.2, 0.25) is 0 Å². The Morgan fingerprint density at radius 3 is 2.56 bits per heavy atom. The molecule has 0 aromatic carbocycles. The molecular weight excluding hydrogens is 226 g/mol. The van der Waals surface area contributed by atoms with E-state index in [1.165, 1.54) is 44.9 Å². The standard InChI is InChI=1S/C15H25NO2/c17-14-15(9-11-18-14)8-5-10-16(15)12-13-6-3-1-2-4-7-13/h13H,1-12H2. The van der Waals surface area contributed by atoms with Crippen LogP contribution in [0.5, 0.6) is 0 Å². The minimum absolute atomic E-state index is 0.0635. The van der Waals surface area contributed by atoms with E-state index in [0.29, 0.717) is 6.61 Å². The van der Waals surface area contributed by atoms with E-state index >= 15 is 0 Å². The molecule has 1 atom stereocenters. The summed E-state index contributed by atoms with van der Waals surface area (Å²) >= 11 is 0. The van der Waals surface area contributed by atoms with Crippen molar-refractivity contribution in [1.29, 1.82) is 0 Å². The number of ether oxygens (including phenoxy) is 1. The second kappa shape index (κ2) is 5.20. The Hall–Kier alpha value is -0.570. The van der Waals surface area contributed by atoms with Gasteiger partial charge in [0.15, 0.2) is 0 Å². The van der Waals surface area contributed by atoms with Crippen LogP contribution in [0.1, 0.15) is 57.8 Å². The molecular formula is C15H25NO2. The molecule has 0 aromatic rings. The van der Waals surface area contributed by atoms with Crippen LogP contribution in [0, 0.1) is 5.92 Å². The first-order valence-electron chi connectivity index (χ1n) is 7.73. The molecule has 18 heavy (non-hydrogen) atoms. The zero-order valence-electron chi connectivity index (χ0n) is 11.3. The largest absolute Gasteiger partial charge is 0.464 e. The molecule has 2 heterocycles. The van der Waals surface area contributed by atoms with Crippen LogP contribution < -0.4 is 0 Å². The minimum Gasteiger partial charge on any atom is -0.464 e. The van der Waals surface area contributed by atoms with Gasteiger partial charge in [0, 0.05) is 13.0 Å². The van der Waals surface area contributed by atoms with Gasteiger partial charge in [-0.3, -0.25) is 9.69 Å². The van der Waals surface area contributed by atoms with Gasteiger partial charge in [0.05, 0.1) is 6.61 Å². The van der Waals surface area contributed by atoms with Crippen LogP contribution in [0.25, 0.3) is 0 Å². The van der Waals surface area contributed by atoms with Crippen LogP contribution in [-0.2, 0) is 9.53 Å². The highest BCUT2D eigenvalue weighted by Crippen LogP contribution is 2.39. The Morgan fingerprint density at radius 1 is 1.11 bits per heavy atom. The maximum atomic E-state index is 12.1. The van der Waals surface area contributed by atoms with Crippen LogP contribution in [0.15, 0.2) is 0 Å². The second-order valence-electron chi connectivity index (χ2n) is 6.32. The fraction of sp³-hybridized carbons (Fsp3) is 0.933. The van der Waals surface area contributed by atoms with E-state index in [2.05, 4.69) is 4.90 Å². The second-order valence-corrected chi connectivity index (χ2v) is 6.32. The van der Waals surface area contributed by atoms with E-state index in [1.807, 2.05) is 0 Å². The Bertz CT molecular complexity index is 306. The van der Waals surface area contributed by atoms with Crippen molar-refractivity contribution in [2.45, 2.75) is 63.3 Å². The minimum atomic E-state index is -0.216. The van der Waals surface area contributed by atoms with Gasteiger partial charge in [-0.1, -0.05) is 25.7 Å². The van der Waals surface area contributed by atoms with E-state index < -0.39 is 0 Å². The Labute approximate surface area is 110 Å². The summed E-state index contributed by atoms with van der Waals surface area (Å²) in [6.45, 7) is 2.88. The molecule has 2 saturated heterocycles. The fourth-order valence-corrected chi connectivity index (χ4v) is 4.12. The summed E-state index contributed by atoms with van der Waals surface area (Å²) in [6.07, 6.45) is 11.4. The lowest BCUT2D eigenvalue weighted by Crippen LogP contribution is -2.49. The van der Waals surface area contributed by atoms with E-state index in [-0.39, 0.29) is 11.5 Å². The average Bonchev–Trinajstić information content (AvgIpc) is 2.83. The molecule has 0 amide bonds. The number of likely N-dealkylation sites (tertiary alicyclic amines) is 1. The van der Waals surface area contributed by atoms with Crippen LogP contribution >= 0.6 is 0 Å². The van der Waals surface area contributed by atoms with Gasteiger partial charge in [0.1, 0.15) is 5.54 Å². The molecule has 1 aliphatic carbocycles. The molecule has 0 radical (unpaired) electrons. The van der Waals surface area contributed by atoms with Crippen molar-refractivity contribution in [1.82, 2.24) is 4.90 Å². The van der Waals surface area contributed by atoms with E-state index in [4.69, 9.17) is 4.74 Å². The van der Waals surface area contributed by atoms with Gasteiger partial charge in [-0.15, -0.1) is 0 Å². The SMILES string of the molecule is O=C1OCCC12CCCN2CC1CCCCCC1. The predicted molar refractivity (Wildman–Crippen MR) is 70.3 cm³/mol. The summed E-state index contributed by atoms with van der Waals surface area (Å²) in [5.41, 5.74) is -0.216. The summed E-state index contributed by atoms with van der Waals surface area (Å²) in [6, 6.07) is 0. The zero-order chi connectivity index (χ0) is 12.4. The average molecular weight is 251 g/mol. The summed E-state index contributed by atoms with van der Waals surface area (Å²) in [7, 11) is 0. The van der Waals surface area contributed by atoms with Crippen molar-refractivity contribution in [3.8, 4) is 0 Å². The van der Waals surface area contributed by atoms with Crippen LogP contribution in [0.4, 0.5) is 0 Å². The third-order valence-electron chi connectivity index (χ3n) is 5.21. The topological polar surface area (TPSA) is 29.5 Å². The lowest BCUT2D eigenvalue weighted by atomic mass is 9.92. The molecule has 0 N–H and O–H groups in total. The number of rotatable bonds is 2. The molecule has 1 unspecified atom stereocenters. The number of cyclic esters (lactones) is 1. The van der Waals surface area contributed by atoms with Gasteiger partial charge >= 0.3 is 5.97 Å². The van der Waals surface area contributed by atoms with E-state index in [0.717, 1.165) is 31.8 Å². The zero-order valence-corrected chi connectivity index (χ0v) is 11.3. The monoisotopic (exact) mass is 251 g/mol. The molecule has 3 aliphatic rings. The number of carbonyl (C=O) groups excluding carboxylic acids is 1. The van der Waals surface area contributed by atoms with Gasteiger partial charge in [-0.25, -0.2) is 0 Å². The van der Waals surface area contributed by atoms with Crippen molar-refractivity contribution in [3.05, 3.63) is 0 Å². The number of hydrogen-bond acceptors (Lipinski definition) is 3. The molecule has 3 fully saturated rings. The Balaban J connectivity index is 1.65. The van der Waals surface area contributed by atoms with Gasteiger partial charge in [-0.2, -0.15) is 0 Å². The molecule has 0 bridgehead atoms. The molecule has 1 spiro atoms. The van der Waals surface area contributed by atoms with Crippen molar-refractivity contribution in [2.24, 2.45) is 5.92 Å². The number of hydrogen-bond donors (Lipinski definition) is 0. The van der Waals surface area contributed by atoms with Crippen molar-refractivity contribution in [2.75, 3.05) is 19.7 Å². The van der Waals surface area contributed by atoms with E-state index in [1.54, 1.807) is 0 Å². The number of nitrogens with zero attached hydrogens (tertiary/aromatic N) is 1. The van der Waals surface area contributed by atoms with Crippen molar-refractivity contribution < 1.29 is 9.53 Å². The molecule has 3 heteroatoms. The predicted octanol–water partition coefficient (Wildman–Crippen LogP) is 2.74. The normalized spacial score (nSPS) is 35.0. The lowest BCUT2D eigenvalue weighted by molar-refractivity contribution is -0.147. The Kier molecular flexibility index (Phi) is 3.60. The molecule has 2 aliphatic heterocycles. The summed E-state index contributed by atoms with van der Waals surface area (Å²) in [5, 5.41) is 0. The first kappa shape index (κ1) is 12.5. The smallest absolute Gasteiger partial charge is 0.326 e. The summed E-state index contributed by atoms with van der Waals surface area (Å²) in [5.74, 6) is 0.879. The maximum Gasteiger partial charge on any atom is 0.326 e. The van der Waals surface area contributed by atoms with Gasteiger partial charge in [0.25, 0.3) is 0 Å². The number of esters is 1. The van der Waals surface area contributed by atoms with Crippen LogP contribution in [0.3, 0.4) is 0 Å². The van der Waals surface area contributed by atoms with Gasteiger partial charge < -0.3 is 4.74 Å². The third-order valence-corrected chi connectivity index (χ3v) is 5.21. The molecule has 3 rings (SSSR count). The van der Waals surface area contributed by atoms with Gasteiger partial charge in [-0.05, 0) is 38.1 Å². The highest BCUT2D eigenvalue weighted by Gasteiger charge is 2.51. The molecule has 0 aromatic heterocycles. The van der Waals surface area contributed by atoms with Crippen LogP contribution in [-0.4, -0.2) is 36.1 Å². The fourth-order valence-electron chi connectivity index (χ4n) is 4.12. The summed E-state index contributed by atoms with van der Waals surface area (Å²) in [4.78, 5) is 14.5. The lowest BCUT2D eigenvalue weighted by Gasteiger charge is -2.33. The molecule has 1 saturated carbocycles. The first-order valence-corrected chi connectivity index (χ1v) is 7.73. The maximum absolute atomic E-state index is 12.1. The van der Waals surface area contributed by atoms with Crippen molar-refractivity contribution in [3.63, 3.8) is 0 Å². The summed E-state index contributed by atoms with van der Waals surface area (Å²) < 4.78 is 5.25. The highest BCUT2D eigenvalue weighted by atomic mass is 16.5. The number of carbonyl (C=O) groups is 1. The molecule has 102 valence electrons. The van der Waals surface area contributed by atoms with Crippen molar-refractivity contribution >= 4 is 5.97 Å². The molecule has 3 nitrogen and oxygen atoms in total. The quantitative estimate of drug-likeness (QED) is 0.558. The third kappa shape index (κ3) is 2.18. The highest BCUT2D eigenvalue weighted by molar-refractivity contribution is 5.83. The first-order chi connectivity index (χ1) is 8.81. The van der Waals surface area contributed by atoms with E-state index in [9.17, 15) is 4.79 Å².